The average Bonchev–Trinajstić information content (AvgIpc) is 2.58. The minimum Gasteiger partial charge on any atom is -0.340 e. The largest absolute Gasteiger partial charge is 0.340 e. The van der Waals surface area contributed by atoms with Crippen LogP contribution in [0.3, 0.4) is 0 Å². The fraction of sp³-hybridized carbons (Fsp3) is 0.250. The molecular formula is C20H22N2O. The van der Waals surface area contributed by atoms with Crippen molar-refractivity contribution in [2.45, 2.75) is 0 Å². The van der Waals surface area contributed by atoms with Crippen molar-refractivity contribution in [3.8, 4) is 11.8 Å². The second-order valence-corrected chi connectivity index (χ2v) is 5.72. The summed E-state index contributed by atoms with van der Waals surface area (Å²) in [5.74, 6) is 6.27. The number of carbonyl (C=O) groups excluding carboxylic acids is 1. The zero-order valence-corrected chi connectivity index (χ0v) is 13.9. The molecule has 0 atom stereocenters. The maximum atomic E-state index is 12.3. The van der Waals surface area contributed by atoms with Gasteiger partial charge in [-0.15, -0.1) is 0 Å². The number of amides is 1. The third-order valence-electron chi connectivity index (χ3n) is 3.49. The van der Waals surface area contributed by atoms with Gasteiger partial charge in [0.2, 0.25) is 0 Å². The van der Waals surface area contributed by atoms with E-state index in [-0.39, 0.29) is 5.91 Å². The Morgan fingerprint density at radius 2 is 1.39 bits per heavy atom. The van der Waals surface area contributed by atoms with Gasteiger partial charge >= 0.3 is 0 Å². The highest BCUT2D eigenvalue weighted by Gasteiger charge is 2.11. The molecule has 2 rings (SSSR count). The van der Waals surface area contributed by atoms with Gasteiger partial charge in [-0.05, 0) is 50.5 Å². The van der Waals surface area contributed by atoms with Gasteiger partial charge in [-0.3, -0.25) is 4.79 Å². The number of benzene rings is 2. The van der Waals surface area contributed by atoms with Gasteiger partial charge < -0.3 is 9.80 Å². The van der Waals surface area contributed by atoms with E-state index in [0.29, 0.717) is 12.1 Å². The van der Waals surface area contributed by atoms with E-state index >= 15 is 0 Å². The van der Waals surface area contributed by atoms with E-state index in [2.05, 4.69) is 16.7 Å². The van der Waals surface area contributed by atoms with Gasteiger partial charge in [-0.2, -0.15) is 0 Å². The Balaban J connectivity index is 2.02. The smallest absolute Gasteiger partial charge is 0.253 e. The normalized spacial score (nSPS) is 10.1. The van der Waals surface area contributed by atoms with E-state index in [9.17, 15) is 4.79 Å². The standard InChI is InChI=1S/C20H22N2O/c1-21(2)15-16-22(3)20(23)19-13-11-18(12-14-19)10-9-17-7-5-4-6-8-17/h4-8,11-14H,15-16H2,1-3H3. The summed E-state index contributed by atoms with van der Waals surface area (Å²) in [4.78, 5) is 16.1. The number of carbonyl (C=O) groups is 1. The first kappa shape index (κ1) is 16.8. The van der Waals surface area contributed by atoms with Gasteiger partial charge in [0.15, 0.2) is 0 Å². The fourth-order valence-corrected chi connectivity index (χ4v) is 2.03. The quantitative estimate of drug-likeness (QED) is 0.811. The zero-order chi connectivity index (χ0) is 16.7. The predicted octanol–water partition coefficient (Wildman–Crippen LogP) is 2.72. The average molecular weight is 306 g/mol. The molecule has 23 heavy (non-hydrogen) atoms. The number of nitrogens with zero attached hydrogens (tertiary/aromatic N) is 2. The van der Waals surface area contributed by atoms with Crippen molar-refractivity contribution in [1.82, 2.24) is 9.80 Å². The lowest BCUT2D eigenvalue weighted by Gasteiger charge is -2.19. The monoisotopic (exact) mass is 306 g/mol. The van der Waals surface area contributed by atoms with Crippen molar-refractivity contribution >= 4 is 5.91 Å². The Morgan fingerprint density at radius 1 is 0.826 bits per heavy atom. The second-order valence-electron chi connectivity index (χ2n) is 5.72. The van der Waals surface area contributed by atoms with Crippen molar-refractivity contribution in [3.63, 3.8) is 0 Å². The molecule has 0 unspecified atom stereocenters. The summed E-state index contributed by atoms with van der Waals surface area (Å²) in [6.45, 7) is 1.56. The van der Waals surface area contributed by atoms with Crippen LogP contribution in [0.1, 0.15) is 21.5 Å². The molecule has 2 aromatic rings. The Kier molecular flexibility index (Phi) is 5.96. The third-order valence-corrected chi connectivity index (χ3v) is 3.49. The van der Waals surface area contributed by atoms with Crippen LogP contribution in [-0.4, -0.2) is 49.9 Å². The number of hydrogen-bond acceptors (Lipinski definition) is 2. The highest BCUT2D eigenvalue weighted by Crippen LogP contribution is 2.07. The molecule has 3 heteroatoms. The highest BCUT2D eigenvalue weighted by molar-refractivity contribution is 5.94. The van der Waals surface area contributed by atoms with Crippen molar-refractivity contribution < 1.29 is 4.79 Å². The van der Waals surface area contributed by atoms with Crippen molar-refractivity contribution in [2.24, 2.45) is 0 Å². The highest BCUT2D eigenvalue weighted by atomic mass is 16.2. The molecule has 1 amide bonds. The fourth-order valence-electron chi connectivity index (χ4n) is 2.03. The van der Waals surface area contributed by atoms with Crippen LogP contribution in [0.15, 0.2) is 54.6 Å². The van der Waals surface area contributed by atoms with Crippen LogP contribution in [0.4, 0.5) is 0 Å². The van der Waals surface area contributed by atoms with Crippen molar-refractivity contribution in [2.75, 3.05) is 34.2 Å². The van der Waals surface area contributed by atoms with Crippen LogP contribution in [0.5, 0.6) is 0 Å². The van der Waals surface area contributed by atoms with Crippen molar-refractivity contribution in [3.05, 3.63) is 71.3 Å². The molecule has 0 aliphatic heterocycles. The van der Waals surface area contributed by atoms with Crippen molar-refractivity contribution in [1.29, 1.82) is 0 Å². The second kappa shape index (κ2) is 8.17. The maximum absolute atomic E-state index is 12.3. The molecule has 2 aromatic carbocycles. The van der Waals surface area contributed by atoms with Gasteiger partial charge in [0.25, 0.3) is 5.91 Å². The Bertz CT molecular complexity index is 694. The van der Waals surface area contributed by atoms with Crippen LogP contribution in [0, 0.1) is 11.8 Å². The van der Waals surface area contributed by atoms with Crippen LogP contribution in [-0.2, 0) is 0 Å². The summed E-state index contributed by atoms with van der Waals surface area (Å²) in [6, 6.07) is 17.3. The Labute approximate surface area is 138 Å². The Hall–Kier alpha value is -2.57. The summed E-state index contributed by atoms with van der Waals surface area (Å²) in [6.07, 6.45) is 0. The summed E-state index contributed by atoms with van der Waals surface area (Å²) in [7, 11) is 5.83. The molecule has 0 heterocycles. The third kappa shape index (κ3) is 5.28. The van der Waals surface area contributed by atoms with Gasteiger partial charge in [0, 0.05) is 36.8 Å². The minimum absolute atomic E-state index is 0.0365. The SMILES string of the molecule is CN(C)CCN(C)C(=O)c1ccc(C#Cc2ccccc2)cc1. The zero-order valence-electron chi connectivity index (χ0n) is 13.9. The summed E-state index contributed by atoms with van der Waals surface area (Å²) >= 11 is 0. The lowest BCUT2D eigenvalue weighted by atomic mass is 10.1. The van der Waals surface area contributed by atoms with E-state index in [0.717, 1.165) is 17.7 Å². The molecule has 0 saturated carbocycles. The van der Waals surface area contributed by atoms with E-state index in [1.807, 2.05) is 75.7 Å². The van der Waals surface area contributed by atoms with E-state index in [4.69, 9.17) is 0 Å². The van der Waals surface area contributed by atoms with Crippen LogP contribution in [0.2, 0.25) is 0 Å². The predicted molar refractivity (Wildman–Crippen MR) is 94.4 cm³/mol. The Morgan fingerprint density at radius 3 is 1.96 bits per heavy atom. The van der Waals surface area contributed by atoms with E-state index < -0.39 is 0 Å². The summed E-state index contributed by atoms with van der Waals surface area (Å²) < 4.78 is 0. The van der Waals surface area contributed by atoms with Gasteiger partial charge in [0.05, 0.1) is 0 Å². The topological polar surface area (TPSA) is 23.6 Å². The summed E-state index contributed by atoms with van der Waals surface area (Å²) in [5.41, 5.74) is 2.58. The molecule has 0 radical (unpaired) electrons. The number of hydrogen-bond donors (Lipinski definition) is 0. The van der Waals surface area contributed by atoms with Gasteiger partial charge in [-0.1, -0.05) is 30.0 Å². The van der Waals surface area contributed by atoms with E-state index in [1.165, 1.54) is 0 Å². The summed E-state index contributed by atoms with van der Waals surface area (Å²) in [5, 5.41) is 0. The molecule has 0 aromatic heterocycles. The van der Waals surface area contributed by atoms with Crippen LogP contribution >= 0.6 is 0 Å². The first-order valence-corrected chi connectivity index (χ1v) is 7.63. The molecule has 0 aliphatic carbocycles. The number of likely N-dealkylation sites (N-methyl/N-ethyl adjacent to an activating group) is 2. The molecule has 0 N–H and O–H groups in total. The van der Waals surface area contributed by atoms with Crippen LogP contribution < -0.4 is 0 Å². The molecular weight excluding hydrogens is 284 g/mol. The molecule has 0 bridgehead atoms. The lowest BCUT2D eigenvalue weighted by molar-refractivity contribution is 0.0786. The molecule has 0 aliphatic rings. The maximum Gasteiger partial charge on any atom is 0.253 e. The van der Waals surface area contributed by atoms with Gasteiger partial charge in [0.1, 0.15) is 0 Å². The minimum atomic E-state index is 0.0365. The molecule has 0 saturated heterocycles. The molecule has 3 nitrogen and oxygen atoms in total. The molecule has 0 spiro atoms. The molecule has 0 fully saturated rings. The van der Waals surface area contributed by atoms with E-state index in [1.54, 1.807) is 4.90 Å². The molecule has 118 valence electrons. The van der Waals surface area contributed by atoms with Crippen LogP contribution in [0.25, 0.3) is 0 Å². The first-order valence-electron chi connectivity index (χ1n) is 7.63. The number of rotatable bonds is 4. The van der Waals surface area contributed by atoms with Gasteiger partial charge in [-0.25, -0.2) is 0 Å². The lowest BCUT2D eigenvalue weighted by Crippen LogP contribution is -2.33. The first-order chi connectivity index (χ1) is 11.1.